The predicted octanol–water partition coefficient (Wildman–Crippen LogP) is 3.15. The summed E-state index contributed by atoms with van der Waals surface area (Å²) in [4.78, 5) is 13.6. The summed E-state index contributed by atoms with van der Waals surface area (Å²) in [6, 6.07) is 10.0. The zero-order valence-electron chi connectivity index (χ0n) is 11.5. The molecule has 1 atom stereocenters. The molecule has 100 valence electrons. The van der Waals surface area contributed by atoms with E-state index >= 15 is 0 Å². The smallest absolute Gasteiger partial charge is 0.323 e. The fraction of sp³-hybridized carbons (Fsp3) is 0.533. The summed E-state index contributed by atoms with van der Waals surface area (Å²) in [5.41, 5.74) is 0.377. The Morgan fingerprint density at radius 2 is 1.89 bits per heavy atom. The van der Waals surface area contributed by atoms with Crippen LogP contribution in [0.25, 0.3) is 0 Å². The van der Waals surface area contributed by atoms with Gasteiger partial charge in [-0.2, -0.15) is 0 Å². The van der Waals surface area contributed by atoms with Crippen molar-refractivity contribution >= 4 is 5.97 Å². The molecular weight excluding hydrogens is 226 g/mol. The zero-order chi connectivity index (χ0) is 13.6. The number of nitrogens with zero attached hydrogens (tertiary/aromatic N) is 1. The molecule has 0 heterocycles. The van der Waals surface area contributed by atoms with Crippen LogP contribution < -0.4 is 0 Å². The maximum atomic E-state index is 11.6. The third-order valence-electron chi connectivity index (χ3n) is 3.49. The molecular formula is C15H23NO2. The van der Waals surface area contributed by atoms with Crippen molar-refractivity contribution in [2.24, 2.45) is 0 Å². The van der Waals surface area contributed by atoms with E-state index in [0.29, 0.717) is 13.0 Å². The Balaban J connectivity index is 2.90. The Kier molecular flexibility index (Phi) is 5.35. The Morgan fingerprint density at radius 3 is 2.33 bits per heavy atom. The minimum atomic E-state index is -0.778. The molecule has 0 saturated heterocycles. The van der Waals surface area contributed by atoms with Crippen LogP contribution in [0.4, 0.5) is 0 Å². The summed E-state index contributed by atoms with van der Waals surface area (Å²) < 4.78 is 0. The molecule has 1 rings (SSSR count). The third kappa shape index (κ3) is 3.33. The number of rotatable bonds is 7. The minimum absolute atomic E-state index is 0.670. The molecule has 18 heavy (non-hydrogen) atoms. The van der Waals surface area contributed by atoms with Crippen molar-refractivity contribution in [2.75, 3.05) is 6.54 Å². The standard InChI is InChI=1S/C15H23NO2/c1-4-11-15(3,14(17)18)16(5-2)12-13-9-7-6-8-10-13/h6-10H,4-5,11-12H2,1-3H3,(H,17,18). The van der Waals surface area contributed by atoms with Gasteiger partial charge in [0.05, 0.1) is 0 Å². The van der Waals surface area contributed by atoms with Gasteiger partial charge in [-0.3, -0.25) is 9.69 Å². The molecule has 0 fully saturated rings. The molecule has 1 aromatic carbocycles. The van der Waals surface area contributed by atoms with Crippen molar-refractivity contribution < 1.29 is 9.90 Å². The van der Waals surface area contributed by atoms with Gasteiger partial charge >= 0.3 is 5.97 Å². The van der Waals surface area contributed by atoms with Crippen LogP contribution in [0.5, 0.6) is 0 Å². The highest BCUT2D eigenvalue weighted by molar-refractivity contribution is 5.78. The van der Waals surface area contributed by atoms with Crippen molar-refractivity contribution in [3.63, 3.8) is 0 Å². The van der Waals surface area contributed by atoms with Gasteiger partial charge in [0.1, 0.15) is 5.54 Å². The molecule has 0 amide bonds. The van der Waals surface area contributed by atoms with Crippen LogP contribution in [0.1, 0.15) is 39.2 Å². The first-order chi connectivity index (χ1) is 8.54. The van der Waals surface area contributed by atoms with Crippen LogP contribution in [-0.2, 0) is 11.3 Å². The SMILES string of the molecule is CCCC(C)(C(=O)O)N(CC)Cc1ccccc1. The number of hydrogen-bond acceptors (Lipinski definition) is 2. The average Bonchev–Trinajstić information content (AvgIpc) is 2.37. The van der Waals surface area contributed by atoms with Crippen LogP contribution in [0, 0.1) is 0 Å². The van der Waals surface area contributed by atoms with Crippen molar-refractivity contribution in [2.45, 2.75) is 45.7 Å². The number of likely N-dealkylation sites (N-methyl/N-ethyl adjacent to an activating group) is 1. The van der Waals surface area contributed by atoms with Crippen LogP contribution in [0.3, 0.4) is 0 Å². The fourth-order valence-corrected chi connectivity index (χ4v) is 2.33. The Morgan fingerprint density at radius 1 is 1.28 bits per heavy atom. The lowest BCUT2D eigenvalue weighted by molar-refractivity contribution is -0.151. The van der Waals surface area contributed by atoms with E-state index in [-0.39, 0.29) is 0 Å². The molecule has 3 heteroatoms. The summed E-state index contributed by atoms with van der Waals surface area (Å²) in [6.45, 7) is 7.28. The lowest BCUT2D eigenvalue weighted by Gasteiger charge is -2.37. The number of aliphatic carboxylic acids is 1. The molecule has 0 aromatic heterocycles. The first-order valence-electron chi connectivity index (χ1n) is 6.57. The maximum Gasteiger partial charge on any atom is 0.323 e. The van der Waals surface area contributed by atoms with E-state index in [2.05, 4.69) is 0 Å². The van der Waals surface area contributed by atoms with E-state index in [1.807, 2.05) is 56.0 Å². The number of carbonyl (C=O) groups is 1. The Bertz CT molecular complexity index is 377. The summed E-state index contributed by atoms with van der Waals surface area (Å²) in [7, 11) is 0. The van der Waals surface area contributed by atoms with E-state index < -0.39 is 11.5 Å². The molecule has 0 aliphatic heterocycles. The highest BCUT2D eigenvalue weighted by Crippen LogP contribution is 2.24. The molecule has 0 spiro atoms. The van der Waals surface area contributed by atoms with Gasteiger partial charge in [-0.05, 0) is 25.5 Å². The number of benzene rings is 1. The minimum Gasteiger partial charge on any atom is -0.480 e. The van der Waals surface area contributed by atoms with Crippen LogP contribution in [0.15, 0.2) is 30.3 Å². The molecule has 1 aromatic rings. The van der Waals surface area contributed by atoms with E-state index in [1.54, 1.807) is 0 Å². The lowest BCUT2D eigenvalue weighted by Crippen LogP contribution is -2.51. The van der Waals surface area contributed by atoms with E-state index in [9.17, 15) is 9.90 Å². The van der Waals surface area contributed by atoms with Crippen molar-refractivity contribution in [3.8, 4) is 0 Å². The second-order valence-corrected chi connectivity index (χ2v) is 4.83. The fourth-order valence-electron chi connectivity index (χ4n) is 2.33. The lowest BCUT2D eigenvalue weighted by atomic mass is 9.93. The average molecular weight is 249 g/mol. The molecule has 0 bridgehead atoms. The molecule has 0 aliphatic carbocycles. The largest absolute Gasteiger partial charge is 0.480 e. The molecule has 0 aliphatic rings. The van der Waals surface area contributed by atoms with Gasteiger partial charge < -0.3 is 5.11 Å². The van der Waals surface area contributed by atoms with Crippen molar-refractivity contribution in [1.29, 1.82) is 0 Å². The van der Waals surface area contributed by atoms with E-state index in [0.717, 1.165) is 18.5 Å². The van der Waals surface area contributed by atoms with E-state index in [1.165, 1.54) is 0 Å². The summed E-state index contributed by atoms with van der Waals surface area (Å²) in [5, 5.41) is 9.50. The van der Waals surface area contributed by atoms with Gasteiger partial charge in [0.25, 0.3) is 0 Å². The van der Waals surface area contributed by atoms with Gasteiger partial charge in [0, 0.05) is 6.54 Å². The van der Waals surface area contributed by atoms with Gasteiger partial charge in [0.15, 0.2) is 0 Å². The predicted molar refractivity (Wildman–Crippen MR) is 73.5 cm³/mol. The second kappa shape index (κ2) is 6.55. The molecule has 1 N–H and O–H groups in total. The highest BCUT2D eigenvalue weighted by Gasteiger charge is 2.37. The summed E-state index contributed by atoms with van der Waals surface area (Å²) >= 11 is 0. The number of carboxylic acids is 1. The third-order valence-corrected chi connectivity index (χ3v) is 3.49. The summed E-state index contributed by atoms with van der Waals surface area (Å²) in [5.74, 6) is -0.734. The van der Waals surface area contributed by atoms with Crippen molar-refractivity contribution in [1.82, 2.24) is 4.90 Å². The number of carboxylic acid groups (broad SMARTS) is 1. The molecule has 1 unspecified atom stereocenters. The van der Waals surface area contributed by atoms with Gasteiger partial charge in [-0.15, -0.1) is 0 Å². The maximum absolute atomic E-state index is 11.6. The topological polar surface area (TPSA) is 40.5 Å². The monoisotopic (exact) mass is 249 g/mol. The van der Waals surface area contributed by atoms with Crippen LogP contribution in [0.2, 0.25) is 0 Å². The van der Waals surface area contributed by atoms with Crippen LogP contribution in [-0.4, -0.2) is 28.1 Å². The first-order valence-corrected chi connectivity index (χ1v) is 6.57. The zero-order valence-corrected chi connectivity index (χ0v) is 11.5. The van der Waals surface area contributed by atoms with E-state index in [4.69, 9.17) is 0 Å². The van der Waals surface area contributed by atoms with Gasteiger partial charge in [0.2, 0.25) is 0 Å². The first kappa shape index (κ1) is 14.7. The normalized spacial score (nSPS) is 14.4. The van der Waals surface area contributed by atoms with Crippen molar-refractivity contribution in [3.05, 3.63) is 35.9 Å². The Labute approximate surface area is 109 Å². The van der Waals surface area contributed by atoms with Gasteiger partial charge in [-0.25, -0.2) is 0 Å². The molecule has 3 nitrogen and oxygen atoms in total. The Hall–Kier alpha value is -1.35. The molecule has 0 saturated carbocycles. The quantitative estimate of drug-likeness (QED) is 0.807. The second-order valence-electron chi connectivity index (χ2n) is 4.83. The van der Waals surface area contributed by atoms with Gasteiger partial charge in [-0.1, -0.05) is 50.6 Å². The summed E-state index contributed by atoms with van der Waals surface area (Å²) in [6.07, 6.45) is 1.54. The van der Waals surface area contributed by atoms with Crippen LogP contribution >= 0.6 is 0 Å². The number of hydrogen-bond donors (Lipinski definition) is 1. The highest BCUT2D eigenvalue weighted by atomic mass is 16.4. The molecule has 0 radical (unpaired) electrons.